The minimum Gasteiger partial charge on any atom is -0.481 e. The number of imidazole rings is 1. The lowest BCUT2D eigenvalue weighted by Gasteiger charge is -2.13. The number of hydrogen-bond donors (Lipinski definition) is 3. The van der Waals surface area contributed by atoms with Crippen LogP contribution in [0.15, 0.2) is 18.7 Å². The van der Waals surface area contributed by atoms with Crippen molar-refractivity contribution in [3.63, 3.8) is 0 Å². The molecule has 1 aromatic rings. The summed E-state index contributed by atoms with van der Waals surface area (Å²) in [6.45, 7) is 3.55. The largest absolute Gasteiger partial charge is 0.481 e. The van der Waals surface area contributed by atoms with E-state index in [0.29, 0.717) is 13.0 Å². The van der Waals surface area contributed by atoms with Crippen molar-refractivity contribution in [3.8, 4) is 0 Å². The van der Waals surface area contributed by atoms with Crippen molar-refractivity contribution in [1.29, 1.82) is 0 Å². The predicted molar refractivity (Wildman–Crippen MR) is 78.9 cm³/mol. The number of carboxylic acid groups (broad SMARTS) is 1. The van der Waals surface area contributed by atoms with Gasteiger partial charge < -0.3 is 20.3 Å². The fraction of sp³-hybridized carbons (Fsp3) is 0.643. The topological polar surface area (TPSA) is 96.3 Å². The lowest BCUT2D eigenvalue weighted by atomic mass is 10.0. The van der Waals surface area contributed by atoms with Gasteiger partial charge in [-0.25, -0.2) is 9.78 Å². The maximum Gasteiger partial charge on any atom is 0.314 e. The number of hydrogen-bond acceptors (Lipinski definition) is 3. The van der Waals surface area contributed by atoms with Crippen molar-refractivity contribution in [1.82, 2.24) is 20.2 Å². The molecule has 1 unspecified atom stereocenters. The summed E-state index contributed by atoms with van der Waals surface area (Å²) in [5.41, 5.74) is 0. The second kappa shape index (κ2) is 9.79. The SMILES string of the molecule is CCCC(CNC(=O)NCCCCn1ccnc1)C(=O)O. The lowest BCUT2D eigenvalue weighted by molar-refractivity contribution is -0.141. The number of carbonyl (C=O) groups excluding carboxylic acids is 1. The molecule has 7 nitrogen and oxygen atoms in total. The fourth-order valence-corrected chi connectivity index (χ4v) is 1.98. The summed E-state index contributed by atoms with van der Waals surface area (Å²) in [5.74, 6) is -1.38. The van der Waals surface area contributed by atoms with E-state index in [9.17, 15) is 9.59 Å². The number of urea groups is 1. The van der Waals surface area contributed by atoms with Crippen LogP contribution in [0.1, 0.15) is 32.6 Å². The molecule has 1 atom stereocenters. The highest BCUT2D eigenvalue weighted by atomic mass is 16.4. The third-order valence-corrected chi connectivity index (χ3v) is 3.18. The molecule has 0 aliphatic carbocycles. The van der Waals surface area contributed by atoms with E-state index >= 15 is 0 Å². The first-order valence-electron chi connectivity index (χ1n) is 7.33. The molecule has 0 saturated heterocycles. The molecule has 0 radical (unpaired) electrons. The average Bonchev–Trinajstić information content (AvgIpc) is 2.96. The Morgan fingerprint density at radius 3 is 2.76 bits per heavy atom. The van der Waals surface area contributed by atoms with Gasteiger partial charge in [0.05, 0.1) is 12.2 Å². The summed E-state index contributed by atoms with van der Waals surface area (Å²) in [6, 6.07) is -0.306. The van der Waals surface area contributed by atoms with Crippen molar-refractivity contribution in [2.24, 2.45) is 5.92 Å². The second-order valence-corrected chi connectivity index (χ2v) is 4.97. The van der Waals surface area contributed by atoms with Gasteiger partial charge in [-0.1, -0.05) is 13.3 Å². The maximum atomic E-state index is 11.5. The number of unbranched alkanes of at least 4 members (excludes halogenated alkanes) is 1. The van der Waals surface area contributed by atoms with E-state index in [1.807, 2.05) is 17.7 Å². The Morgan fingerprint density at radius 1 is 1.33 bits per heavy atom. The first-order chi connectivity index (χ1) is 10.1. The van der Waals surface area contributed by atoms with Gasteiger partial charge in [0.15, 0.2) is 0 Å². The first-order valence-corrected chi connectivity index (χ1v) is 7.33. The van der Waals surface area contributed by atoms with Crippen LogP contribution < -0.4 is 10.6 Å². The molecular weight excluding hydrogens is 272 g/mol. The van der Waals surface area contributed by atoms with E-state index in [0.717, 1.165) is 25.8 Å². The quantitative estimate of drug-likeness (QED) is 0.570. The Morgan fingerprint density at radius 2 is 2.14 bits per heavy atom. The number of aliphatic carboxylic acids is 1. The highest BCUT2D eigenvalue weighted by Crippen LogP contribution is 2.04. The van der Waals surface area contributed by atoms with Gasteiger partial charge in [-0.05, 0) is 19.3 Å². The highest BCUT2D eigenvalue weighted by molar-refractivity contribution is 5.75. The predicted octanol–water partition coefficient (Wildman–Crippen LogP) is 1.46. The number of rotatable bonds is 10. The van der Waals surface area contributed by atoms with Gasteiger partial charge in [0.25, 0.3) is 0 Å². The summed E-state index contributed by atoms with van der Waals surface area (Å²) in [7, 11) is 0. The standard InChI is InChI=1S/C14H24N4O3/c1-2-5-12(13(19)20)10-17-14(21)16-6-3-4-8-18-9-7-15-11-18/h7,9,11-12H,2-6,8,10H2,1H3,(H,19,20)(H2,16,17,21). The van der Waals surface area contributed by atoms with Gasteiger partial charge >= 0.3 is 12.0 Å². The second-order valence-electron chi connectivity index (χ2n) is 4.97. The van der Waals surface area contributed by atoms with Crippen molar-refractivity contribution < 1.29 is 14.7 Å². The Kier molecular flexibility index (Phi) is 7.93. The molecular formula is C14H24N4O3. The highest BCUT2D eigenvalue weighted by Gasteiger charge is 2.16. The van der Waals surface area contributed by atoms with Gasteiger partial charge in [-0.3, -0.25) is 4.79 Å². The van der Waals surface area contributed by atoms with E-state index in [4.69, 9.17) is 5.11 Å². The van der Waals surface area contributed by atoms with Crippen LogP contribution in [0.5, 0.6) is 0 Å². The number of amides is 2. The Hall–Kier alpha value is -2.05. The zero-order chi connectivity index (χ0) is 15.5. The summed E-state index contributed by atoms with van der Waals surface area (Å²) >= 11 is 0. The first kappa shape index (κ1) is 17.0. The number of nitrogens with one attached hydrogen (secondary N) is 2. The van der Waals surface area contributed by atoms with E-state index in [1.54, 1.807) is 12.5 Å². The van der Waals surface area contributed by atoms with E-state index < -0.39 is 11.9 Å². The van der Waals surface area contributed by atoms with Crippen molar-refractivity contribution in [3.05, 3.63) is 18.7 Å². The van der Waals surface area contributed by atoms with E-state index in [1.165, 1.54) is 0 Å². The van der Waals surface area contributed by atoms with Gasteiger partial charge in [0, 0.05) is 32.0 Å². The molecule has 0 bridgehead atoms. The van der Waals surface area contributed by atoms with Crippen LogP contribution in [0.3, 0.4) is 0 Å². The number of aromatic nitrogens is 2. The Balaban J connectivity index is 2.06. The normalized spacial score (nSPS) is 11.9. The minimum atomic E-state index is -0.863. The molecule has 0 saturated carbocycles. The molecule has 2 amide bonds. The third kappa shape index (κ3) is 7.34. The number of carbonyl (C=O) groups is 2. The number of nitrogens with zero attached hydrogens (tertiary/aromatic N) is 2. The van der Waals surface area contributed by atoms with Crippen LogP contribution in [-0.2, 0) is 11.3 Å². The third-order valence-electron chi connectivity index (χ3n) is 3.18. The summed E-state index contributed by atoms with van der Waals surface area (Å²) in [4.78, 5) is 26.4. The molecule has 0 aromatic carbocycles. The fourth-order valence-electron chi connectivity index (χ4n) is 1.98. The van der Waals surface area contributed by atoms with Gasteiger partial charge in [0.1, 0.15) is 0 Å². The smallest absolute Gasteiger partial charge is 0.314 e. The molecule has 3 N–H and O–H groups in total. The van der Waals surface area contributed by atoms with Crippen LogP contribution in [0.2, 0.25) is 0 Å². The van der Waals surface area contributed by atoms with Crippen LogP contribution in [0, 0.1) is 5.92 Å². The van der Waals surface area contributed by atoms with Crippen LogP contribution in [0.4, 0.5) is 4.79 Å². The Bertz CT molecular complexity index is 420. The summed E-state index contributed by atoms with van der Waals surface area (Å²) < 4.78 is 1.99. The molecule has 0 aliphatic rings. The zero-order valence-electron chi connectivity index (χ0n) is 12.4. The molecule has 118 valence electrons. The van der Waals surface area contributed by atoms with E-state index in [-0.39, 0.29) is 12.6 Å². The molecule has 21 heavy (non-hydrogen) atoms. The van der Waals surface area contributed by atoms with Gasteiger partial charge in [0.2, 0.25) is 0 Å². The molecule has 0 aliphatic heterocycles. The van der Waals surface area contributed by atoms with Crippen LogP contribution >= 0.6 is 0 Å². The maximum absolute atomic E-state index is 11.5. The minimum absolute atomic E-state index is 0.171. The molecule has 1 aromatic heterocycles. The molecule has 7 heteroatoms. The van der Waals surface area contributed by atoms with Crippen LogP contribution in [-0.4, -0.2) is 39.7 Å². The number of aryl methyl sites for hydroxylation is 1. The average molecular weight is 296 g/mol. The molecule has 0 fully saturated rings. The summed E-state index contributed by atoms with van der Waals surface area (Å²) in [5, 5.41) is 14.3. The monoisotopic (exact) mass is 296 g/mol. The Labute approximate surface area is 124 Å². The lowest BCUT2D eigenvalue weighted by Crippen LogP contribution is -2.40. The van der Waals surface area contributed by atoms with Gasteiger partial charge in [-0.2, -0.15) is 0 Å². The molecule has 1 rings (SSSR count). The van der Waals surface area contributed by atoms with Gasteiger partial charge in [-0.15, -0.1) is 0 Å². The molecule has 0 spiro atoms. The van der Waals surface area contributed by atoms with E-state index in [2.05, 4.69) is 15.6 Å². The van der Waals surface area contributed by atoms with Crippen molar-refractivity contribution >= 4 is 12.0 Å². The van der Waals surface area contributed by atoms with Crippen molar-refractivity contribution in [2.75, 3.05) is 13.1 Å². The van der Waals surface area contributed by atoms with Crippen molar-refractivity contribution in [2.45, 2.75) is 39.2 Å². The zero-order valence-corrected chi connectivity index (χ0v) is 12.4. The van der Waals surface area contributed by atoms with Crippen LogP contribution in [0.25, 0.3) is 0 Å². The molecule has 1 heterocycles. The summed E-state index contributed by atoms with van der Waals surface area (Å²) in [6.07, 6.45) is 8.57. The number of carboxylic acids is 1.